The Morgan fingerprint density at radius 1 is 1.16 bits per heavy atom. The molecule has 168 valence electrons. The number of likely N-dealkylation sites (N-methyl/N-ethyl adjacent to an activating group) is 1. The van der Waals surface area contributed by atoms with Crippen LogP contribution in [0.5, 0.6) is 0 Å². The standard InChI is InChI=1S/C24H28N4O3S/c1-14-9-8-10-15(2)20(14)26-18(29)13-27(4)24(31)21-16(3)19-22(32-21)25-17-11-6-5-7-12-28(17)23(19)30/h8-10H,5-7,11-13H2,1-4H3,(H,26,29). The van der Waals surface area contributed by atoms with Crippen LogP contribution in [0.3, 0.4) is 0 Å². The Morgan fingerprint density at radius 3 is 2.59 bits per heavy atom. The van der Waals surface area contributed by atoms with E-state index in [1.807, 2.05) is 32.0 Å². The highest BCUT2D eigenvalue weighted by Crippen LogP contribution is 2.29. The number of benzene rings is 1. The van der Waals surface area contributed by atoms with Crippen LogP contribution in [0.25, 0.3) is 10.2 Å². The van der Waals surface area contributed by atoms with Crippen LogP contribution in [-0.2, 0) is 17.8 Å². The molecule has 0 saturated heterocycles. The number of anilines is 1. The Kier molecular flexibility index (Phi) is 6.15. The van der Waals surface area contributed by atoms with Gasteiger partial charge in [0.1, 0.15) is 10.7 Å². The molecule has 0 aliphatic carbocycles. The molecule has 2 amide bonds. The first-order valence-corrected chi connectivity index (χ1v) is 11.7. The number of nitrogens with one attached hydrogen (secondary N) is 1. The van der Waals surface area contributed by atoms with Gasteiger partial charge >= 0.3 is 0 Å². The van der Waals surface area contributed by atoms with Crippen molar-refractivity contribution in [3.05, 3.63) is 55.9 Å². The lowest BCUT2D eigenvalue weighted by atomic mass is 10.1. The third-order valence-corrected chi connectivity index (χ3v) is 7.25. The molecule has 0 spiro atoms. The maximum Gasteiger partial charge on any atom is 0.264 e. The van der Waals surface area contributed by atoms with Crippen LogP contribution in [-0.4, -0.2) is 39.9 Å². The largest absolute Gasteiger partial charge is 0.332 e. The molecule has 0 atom stereocenters. The molecule has 1 aliphatic rings. The second-order valence-corrected chi connectivity index (χ2v) is 9.51. The summed E-state index contributed by atoms with van der Waals surface area (Å²) in [5, 5.41) is 3.44. The van der Waals surface area contributed by atoms with E-state index in [0.717, 1.165) is 48.3 Å². The summed E-state index contributed by atoms with van der Waals surface area (Å²) in [4.78, 5) is 46.1. The fourth-order valence-corrected chi connectivity index (χ4v) is 5.45. The van der Waals surface area contributed by atoms with Gasteiger partial charge in [0.05, 0.1) is 16.8 Å². The van der Waals surface area contributed by atoms with Gasteiger partial charge in [0.15, 0.2) is 0 Å². The minimum atomic E-state index is -0.276. The van der Waals surface area contributed by atoms with E-state index in [1.165, 1.54) is 16.2 Å². The number of aromatic nitrogens is 2. The third kappa shape index (κ3) is 4.07. The lowest BCUT2D eigenvalue weighted by Gasteiger charge is -2.18. The SMILES string of the molecule is Cc1cccc(C)c1NC(=O)CN(C)C(=O)c1sc2nc3n(c(=O)c2c1C)CCCCC3. The molecular weight excluding hydrogens is 424 g/mol. The molecular formula is C24H28N4O3S. The van der Waals surface area contributed by atoms with Gasteiger partial charge in [0, 0.05) is 25.7 Å². The average molecular weight is 453 g/mol. The Labute approximate surface area is 191 Å². The minimum absolute atomic E-state index is 0.0601. The molecule has 32 heavy (non-hydrogen) atoms. The van der Waals surface area contributed by atoms with E-state index in [4.69, 9.17) is 4.98 Å². The molecule has 2 aromatic heterocycles. The van der Waals surface area contributed by atoms with Crippen molar-refractivity contribution in [2.24, 2.45) is 0 Å². The van der Waals surface area contributed by atoms with Gasteiger partial charge in [0.25, 0.3) is 11.5 Å². The van der Waals surface area contributed by atoms with E-state index in [0.29, 0.717) is 27.2 Å². The van der Waals surface area contributed by atoms with Crippen molar-refractivity contribution >= 4 is 39.1 Å². The number of carbonyl (C=O) groups is 2. The van der Waals surface area contributed by atoms with Crippen LogP contribution in [0.4, 0.5) is 5.69 Å². The number of aryl methyl sites for hydroxylation is 4. The zero-order valence-corrected chi connectivity index (χ0v) is 19.8. The van der Waals surface area contributed by atoms with E-state index in [-0.39, 0.29) is 23.9 Å². The maximum atomic E-state index is 13.2. The van der Waals surface area contributed by atoms with Crippen LogP contribution in [0, 0.1) is 20.8 Å². The number of thiophene rings is 1. The van der Waals surface area contributed by atoms with Gasteiger partial charge < -0.3 is 10.2 Å². The molecule has 7 nitrogen and oxygen atoms in total. The molecule has 8 heteroatoms. The summed E-state index contributed by atoms with van der Waals surface area (Å²) in [6.07, 6.45) is 3.86. The monoisotopic (exact) mass is 452 g/mol. The first-order chi connectivity index (χ1) is 15.3. The van der Waals surface area contributed by atoms with Crippen LogP contribution in [0.2, 0.25) is 0 Å². The first-order valence-electron chi connectivity index (χ1n) is 10.9. The predicted molar refractivity (Wildman–Crippen MR) is 128 cm³/mol. The van der Waals surface area contributed by atoms with Crippen molar-refractivity contribution in [1.82, 2.24) is 14.5 Å². The van der Waals surface area contributed by atoms with Crippen molar-refractivity contribution < 1.29 is 9.59 Å². The lowest BCUT2D eigenvalue weighted by molar-refractivity contribution is -0.116. The highest BCUT2D eigenvalue weighted by atomic mass is 32.1. The predicted octanol–water partition coefficient (Wildman–Crippen LogP) is 3.82. The smallest absolute Gasteiger partial charge is 0.264 e. The highest BCUT2D eigenvalue weighted by Gasteiger charge is 2.25. The summed E-state index contributed by atoms with van der Waals surface area (Å²) >= 11 is 1.24. The molecule has 1 aromatic carbocycles. The van der Waals surface area contributed by atoms with Gasteiger partial charge in [-0.3, -0.25) is 19.0 Å². The number of para-hydroxylation sites is 1. The van der Waals surface area contributed by atoms with Gasteiger partial charge in [0.2, 0.25) is 5.91 Å². The van der Waals surface area contributed by atoms with Gasteiger partial charge in [-0.2, -0.15) is 0 Å². The summed E-state index contributed by atoms with van der Waals surface area (Å²) in [5.41, 5.74) is 3.30. The van der Waals surface area contributed by atoms with E-state index in [2.05, 4.69) is 5.32 Å². The van der Waals surface area contributed by atoms with Gasteiger partial charge in [-0.1, -0.05) is 24.6 Å². The minimum Gasteiger partial charge on any atom is -0.332 e. The Balaban J connectivity index is 1.58. The number of nitrogens with zero attached hydrogens (tertiary/aromatic N) is 3. The molecule has 3 heterocycles. The van der Waals surface area contributed by atoms with Crippen molar-refractivity contribution in [3.63, 3.8) is 0 Å². The average Bonchev–Trinajstić information content (AvgIpc) is 2.91. The van der Waals surface area contributed by atoms with Crippen LogP contribution in [0.15, 0.2) is 23.0 Å². The zero-order chi connectivity index (χ0) is 23.0. The van der Waals surface area contributed by atoms with E-state index < -0.39 is 0 Å². The summed E-state index contributed by atoms with van der Waals surface area (Å²) < 4.78 is 1.77. The van der Waals surface area contributed by atoms with E-state index >= 15 is 0 Å². The van der Waals surface area contributed by atoms with Crippen LogP contribution in [0.1, 0.15) is 51.4 Å². The quantitative estimate of drug-likeness (QED) is 0.652. The van der Waals surface area contributed by atoms with Crippen LogP contribution >= 0.6 is 11.3 Å². The zero-order valence-electron chi connectivity index (χ0n) is 18.9. The number of hydrogen-bond donors (Lipinski definition) is 1. The molecule has 0 saturated carbocycles. The molecule has 0 unspecified atom stereocenters. The Hall–Kier alpha value is -3.00. The molecule has 3 aromatic rings. The molecule has 1 aliphatic heterocycles. The molecule has 0 fully saturated rings. The fourth-order valence-electron chi connectivity index (χ4n) is 4.26. The Bertz CT molecular complexity index is 1250. The maximum absolute atomic E-state index is 13.2. The third-order valence-electron chi connectivity index (χ3n) is 6.08. The van der Waals surface area contributed by atoms with Gasteiger partial charge in [-0.15, -0.1) is 11.3 Å². The second kappa shape index (κ2) is 8.86. The summed E-state index contributed by atoms with van der Waals surface area (Å²) in [5.74, 6) is 0.269. The summed E-state index contributed by atoms with van der Waals surface area (Å²) in [6, 6.07) is 5.81. The van der Waals surface area contributed by atoms with Crippen LogP contribution < -0.4 is 10.9 Å². The number of fused-ring (bicyclic) bond motifs is 2. The van der Waals surface area contributed by atoms with Gasteiger partial charge in [-0.05, 0) is 50.3 Å². The van der Waals surface area contributed by atoms with Crippen molar-refractivity contribution in [2.45, 2.75) is 53.0 Å². The van der Waals surface area contributed by atoms with Crippen molar-refractivity contribution in [3.8, 4) is 0 Å². The topological polar surface area (TPSA) is 84.3 Å². The fraction of sp³-hybridized carbons (Fsp3) is 0.417. The van der Waals surface area contributed by atoms with Crippen molar-refractivity contribution in [2.75, 3.05) is 18.9 Å². The molecule has 4 rings (SSSR count). The summed E-state index contributed by atoms with van der Waals surface area (Å²) in [6.45, 7) is 6.26. The van der Waals surface area contributed by atoms with Gasteiger partial charge in [-0.25, -0.2) is 4.98 Å². The van der Waals surface area contributed by atoms with Crippen molar-refractivity contribution in [1.29, 1.82) is 0 Å². The number of rotatable bonds is 4. The van der Waals surface area contributed by atoms with E-state index in [9.17, 15) is 14.4 Å². The lowest BCUT2D eigenvalue weighted by Crippen LogP contribution is -2.35. The second-order valence-electron chi connectivity index (χ2n) is 8.51. The molecule has 0 radical (unpaired) electrons. The first kappa shape index (κ1) is 22.2. The Morgan fingerprint density at radius 2 is 1.88 bits per heavy atom. The number of carbonyl (C=O) groups excluding carboxylic acids is 2. The summed E-state index contributed by atoms with van der Waals surface area (Å²) in [7, 11) is 1.60. The van der Waals surface area contributed by atoms with E-state index in [1.54, 1.807) is 18.5 Å². The highest BCUT2D eigenvalue weighted by molar-refractivity contribution is 7.20. The molecule has 1 N–H and O–H groups in total. The number of hydrogen-bond acceptors (Lipinski definition) is 5. The normalized spacial score (nSPS) is 13.5. The molecule has 0 bridgehead atoms. The number of amides is 2.